The van der Waals surface area contributed by atoms with Gasteiger partial charge in [-0.15, -0.1) is 0 Å². The molecule has 0 saturated heterocycles. The van der Waals surface area contributed by atoms with Gasteiger partial charge in [-0.05, 0) is 221 Å². The number of hydrogen-bond acceptors (Lipinski definition) is 2. The van der Waals surface area contributed by atoms with Crippen LogP contribution < -0.4 is 26.2 Å². The number of aromatic nitrogens is 4. The molecule has 22 rings (SSSR count). The van der Waals surface area contributed by atoms with Crippen LogP contribution in [0.5, 0.6) is 0 Å². The highest BCUT2D eigenvalue weighted by Gasteiger charge is 2.47. The van der Waals surface area contributed by atoms with Crippen molar-refractivity contribution in [3.05, 3.63) is 367 Å². The van der Waals surface area contributed by atoms with Crippen molar-refractivity contribution in [2.45, 2.75) is 131 Å². The number of anilines is 6. The number of hydrogen-bond donors (Lipinski definition) is 0. The average Bonchev–Trinajstić information content (AvgIpc) is 1.67. The number of benzene rings is 16. The van der Waals surface area contributed by atoms with E-state index < -0.39 is 55.1 Å². The summed E-state index contributed by atoms with van der Waals surface area (Å²) in [6.07, 6.45) is 0. The van der Waals surface area contributed by atoms with Crippen molar-refractivity contribution in [1.82, 2.24) is 18.3 Å². The van der Waals surface area contributed by atoms with Crippen molar-refractivity contribution in [2.24, 2.45) is 0 Å². The van der Waals surface area contributed by atoms with Gasteiger partial charge in [0.25, 0.3) is 6.71 Å². The van der Waals surface area contributed by atoms with Crippen LogP contribution in [-0.4, -0.2) is 25.0 Å². The van der Waals surface area contributed by atoms with E-state index in [2.05, 4.69) is 419 Å². The third kappa shape index (κ3) is 12.0. The monoisotopic (exact) mass is 1600 g/mol. The van der Waals surface area contributed by atoms with Crippen molar-refractivity contribution in [3.8, 4) is 56.1 Å². The van der Waals surface area contributed by atoms with Gasteiger partial charge in [0.15, 0.2) is 0 Å². The Balaban J connectivity index is 0.986. The van der Waals surface area contributed by atoms with Crippen LogP contribution in [-0.2, 0) is 27.1 Å². The first-order chi connectivity index (χ1) is 62.5. The summed E-state index contributed by atoms with van der Waals surface area (Å²) < 4.78 is 88.8. The maximum absolute atomic E-state index is 10.5. The second-order valence-corrected chi connectivity index (χ2v) is 39.2. The van der Waals surface area contributed by atoms with Crippen LogP contribution >= 0.6 is 0 Å². The van der Waals surface area contributed by atoms with Crippen LogP contribution in [0.15, 0.2) is 340 Å². The lowest BCUT2D eigenvalue weighted by Crippen LogP contribution is -2.61. The minimum atomic E-state index is -0.606. The Labute approximate surface area is 733 Å². The SMILES string of the molecule is [2H]c1c([2H])c([2H])c2c(c1[2H])c1c([2H])c([2H])c([2H])c([2H])c1n2-c1cc2c3c(c1)N(c1c(-c4ccccc4)ccc4c1c1ccccc1n4-c1ccccc1)c1cc(-n4c5ccc(C(C)(C)C)cc5c5cc(C(C)(C)C)ccc54)ccc1B3c1ccc(-n3c4ccc(C(C)(C)C)cc4c4cc(C(C)(C)C)ccc43)cc1N2c1c(-c2ccccc2)cc(C(C)(C)C)cc1-c1ccccc1. The lowest BCUT2D eigenvalue weighted by molar-refractivity contribution is 0.590. The normalized spacial score (nSPS) is 14.2. The van der Waals surface area contributed by atoms with Crippen LogP contribution in [0.2, 0.25) is 0 Å². The van der Waals surface area contributed by atoms with E-state index in [9.17, 15) is 11.0 Å². The standard InChI is InChI=1S/C116H101BN6/c1-112(2,3)75-48-57-99-90(62-75)91-63-76(113(4,5)6)49-58-100(91)119(99)81-52-55-94-104(68-81)122(110-88(73-36-22-17-23-37-73)66-79(116(13,14)15)67-89(110)74-38-24-18-25-39-74)106-70-83(121-96-45-31-28-42-85(96)86-43-29-32-46-97(86)121)71-107-109(106)117(94)95-56-53-82(120-101-59-50-77(114(7,8)9)64-92(101)93-65-78(115(10,11)12)51-60-102(93)120)69-105(95)123(107)111-84(72-34-20-16-21-35-72)54-61-103-108(111)87-44-30-33-47-98(87)118(103)80-40-26-19-27-41-80/h16-71H,1-15H3/i28D,29D,31D,32D,42D,43D,45D,46D. The molecule has 0 bridgehead atoms. The smallest absolute Gasteiger partial charge is 0.252 e. The molecule has 0 N–H and O–H groups in total. The molecule has 0 radical (unpaired) electrons. The fourth-order valence-corrected chi connectivity index (χ4v) is 20.0. The summed E-state index contributed by atoms with van der Waals surface area (Å²) in [6.45, 7) is 33.6. The zero-order chi connectivity index (χ0) is 91.2. The quantitative estimate of drug-likeness (QED) is 0.135. The molecule has 0 unspecified atom stereocenters. The van der Waals surface area contributed by atoms with Crippen LogP contribution in [0.4, 0.5) is 34.1 Å². The van der Waals surface area contributed by atoms with Gasteiger partial charge in [-0.1, -0.05) is 310 Å². The van der Waals surface area contributed by atoms with Gasteiger partial charge >= 0.3 is 0 Å². The molecule has 16 aromatic carbocycles. The van der Waals surface area contributed by atoms with Crippen LogP contribution in [0.1, 0.15) is 143 Å². The maximum atomic E-state index is 10.5. The molecule has 0 amide bonds. The lowest BCUT2D eigenvalue weighted by atomic mass is 9.33. The van der Waals surface area contributed by atoms with E-state index in [1.165, 1.54) is 22.3 Å². The minimum absolute atomic E-state index is 0.00507. The Morgan fingerprint density at radius 3 is 1.00 bits per heavy atom. The van der Waals surface area contributed by atoms with Crippen LogP contribution in [0.3, 0.4) is 0 Å². The number of nitrogens with zero attached hydrogens (tertiary/aromatic N) is 6. The second kappa shape index (κ2) is 27.4. The number of fused-ring (bicyclic) bond motifs is 16. The molecular weight excluding hydrogens is 1490 g/mol. The predicted molar refractivity (Wildman–Crippen MR) is 528 cm³/mol. The molecule has 2 aliphatic heterocycles. The van der Waals surface area contributed by atoms with E-state index in [4.69, 9.17) is 0 Å². The second-order valence-electron chi connectivity index (χ2n) is 39.2. The summed E-state index contributed by atoms with van der Waals surface area (Å²) in [5.41, 5.74) is 27.8. The summed E-state index contributed by atoms with van der Waals surface area (Å²) in [7, 11) is 0. The van der Waals surface area contributed by atoms with E-state index in [0.29, 0.717) is 5.69 Å². The largest absolute Gasteiger partial charge is 0.310 e. The fraction of sp³-hybridized carbons (Fsp3) is 0.172. The zero-order valence-electron chi connectivity index (χ0n) is 80.5. The molecule has 20 aromatic rings. The predicted octanol–water partition coefficient (Wildman–Crippen LogP) is 29.6. The van der Waals surface area contributed by atoms with Crippen LogP contribution in [0, 0.1) is 0 Å². The highest BCUT2D eigenvalue weighted by atomic mass is 15.2. The summed E-state index contributed by atoms with van der Waals surface area (Å²) in [5, 5.41) is 6.50. The summed E-state index contributed by atoms with van der Waals surface area (Å²) >= 11 is 0. The van der Waals surface area contributed by atoms with Gasteiger partial charge in [-0.3, -0.25) is 0 Å². The summed E-state index contributed by atoms with van der Waals surface area (Å²) in [6, 6.07) is 104. The Bertz CT molecular complexity index is 7990. The van der Waals surface area contributed by atoms with Crippen LogP contribution in [0.25, 0.3) is 143 Å². The molecule has 4 aromatic heterocycles. The van der Waals surface area contributed by atoms with E-state index in [0.717, 1.165) is 172 Å². The molecule has 0 spiro atoms. The molecular formula is C116H101BN6. The first kappa shape index (κ1) is 67.1. The molecule has 6 nitrogen and oxygen atoms in total. The molecule has 0 saturated carbocycles. The Hall–Kier alpha value is -13.6. The van der Waals surface area contributed by atoms with Crippen molar-refractivity contribution in [3.63, 3.8) is 0 Å². The van der Waals surface area contributed by atoms with Gasteiger partial charge in [-0.2, -0.15) is 0 Å². The topological polar surface area (TPSA) is 26.2 Å². The van der Waals surface area contributed by atoms with Crippen molar-refractivity contribution in [1.29, 1.82) is 0 Å². The molecule has 0 fully saturated rings. The van der Waals surface area contributed by atoms with Crippen molar-refractivity contribution in [2.75, 3.05) is 9.80 Å². The van der Waals surface area contributed by atoms with Gasteiger partial charge in [0, 0.05) is 99.6 Å². The average molecular weight is 1600 g/mol. The van der Waals surface area contributed by atoms with E-state index in [1.807, 2.05) is 0 Å². The zero-order valence-corrected chi connectivity index (χ0v) is 72.5. The Morgan fingerprint density at radius 2 is 0.577 bits per heavy atom. The number of rotatable bonds is 9. The van der Waals surface area contributed by atoms with Gasteiger partial charge in [0.05, 0.1) is 72.2 Å². The highest BCUT2D eigenvalue weighted by Crippen LogP contribution is 2.57. The lowest BCUT2D eigenvalue weighted by Gasteiger charge is -2.46. The Kier molecular flexibility index (Phi) is 15.0. The minimum Gasteiger partial charge on any atom is -0.310 e. The summed E-state index contributed by atoms with van der Waals surface area (Å²) in [4.78, 5) is 5.02. The third-order valence-electron chi connectivity index (χ3n) is 26.3. The molecule has 123 heavy (non-hydrogen) atoms. The molecule has 0 atom stereocenters. The Morgan fingerprint density at radius 1 is 0.236 bits per heavy atom. The molecule has 2 aliphatic rings. The van der Waals surface area contributed by atoms with Gasteiger partial charge < -0.3 is 28.1 Å². The maximum Gasteiger partial charge on any atom is 0.252 e. The van der Waals surface area contributed by atoms with Gasteiger partial charge in [-0.25, -0.2) is 0 Å². The molecule has 6 heterocycles. The number of para-hydroxylation sites is 4. The van der Waals surface area contributed by atoms with Gasteiger partial charge in [0.1, 0.15) is 0 Å². The highest BCUT2D eigenvalue weighted by molar-refractivity contribution is 7.00. The van der Waals surface area contributed by atoms with Gasteiger partial charge in [0.2, 0.25) is 0 Å². The fourth-order valence-electron chi connectivity index (χ4n) is 20.0. The molecule has 598 valence electrons. The first-order valence-electron chi connectivity index (χ1n) is 47.3. The first-order valence-corrected chi connectivity index (χ1v) is 43.3. The molecule has 7 heteroatoms. The van der Waals surface area contributed by atoms with Crippen molar-refractivity contribution < 1.29 is 11.0 Å². The van der Waals surface area contributed by atoms with Crippen molar-refractivity contribution >= 4 is 144 Å². The van der Waals surface area contributed by atoms with E-state index in [1.54, 1.807) is 4.57 Å². The van der Waals surface area contributed by atoms with E-state index in [-0.39, 0.29) is 48.9 Å². The summed E-state index contributed by atoms with van der Waals surface area (Å²) in [5.74, 6) is 0. The third-order valence-corrected chi connectivity index (χ3v) is 26.3. The van der Waals surface area contributed by atoms with E-state index >= 15 is 0 Å². The molecule has 0 aliphatic carbocycles.